The largest absolute Gasteiger partial charge is 0.457 e. The molecule has 0 spiro atoms. The molecule has 0 saturated heterocycles. The van der Waals surface area contributed by atoms with Gasteiger partial charge in [0.1, 0.15) is 17.3 Å². The minimum absolute atomic E-state index is 0.0170. The molecule has 0 aliphatic carbocycles. The lowest BCUT2D eigenvalue weighted by Crippen LogP contribution is -2.26. The SMILES string of the molecule is CC(C)c1cc(C(C)C)c(N2C=CN(c3cccc(Oc4ccc5c6ccccc6n(-c6cc(C(C)(C)C)ccn6)c5c4)c3)C2)c(C(C)C)c1. The maximum Gasteiger partial charge on any atom is 0.137 e. The van der Waals surface area contributed by atoms with Gasteiger partial charge in [-0.05, 0) is 87.9 Å². The molecule has 0 fully saturated rings. The van der Waals surface area contributed by atoms with Crippen LogP contribution < -0.4 is 14.5 Å². The number of anilines is 2. The van der Waals surface area contributed by atoms with Gasteiger partial charge < -0.3 is 14.5 Å². The Bertz CT molecular complexity index is 2190. The highest BCUT2D eigenvalue weighted by Gasteiger charge is 2.25. The fourth-order valence-corrected chi connectivity index (χ4v) is 7.11. The molecule has 256 valence electrons. The molecule has 5 heteroatoms. The average molecular weight is 663 g/mol. The normalized spacial score (nSPS) is 13.6. The zero-order valence-electron chi connectivity index (χ0n) is 31.0. The number of hydrogen-bond acceptors (Lipinski definition) is 4. The number of ether oxygens (including phenoxy) is 1. The van der Waals surface area contributed by atoms with E-state index in [-0.39, 0.29) is 5.41 Å². The van der Waals surface area contributed by atoms with E-state index in [1.54, 1.807) is 0 Å². The van der Waals surface area contributed by atoms with Gasteiger partial charge >= 0.3 is 0 Å². The number of benzene rings is 4. The summed E-state index contributed by atoms with van der Waals surface area (Å²) in [5, 5.41) is 2.37. The van der Waals surface area contributed by atoms with Crippen molar-refractivity contribution in [1.82, 2.24) is 9.55 Å². The summed E-state index contributed by atoms with van der Waals surface area (Å²) in [5.74, 6) is 3.85. The fourth-order valence-electron chi connectivity index (χ4n) is 7.11. The molecule has 4 aromatic carbocycles. The van der Waals surface area contributed by atoms with E-state index in [0.29, 0.717) is 17.8 Å². The molecule has 6 aromatic rings. The maximum atomic E-state index is 6.60. The monoisotopic (exact) mass is 662 g/mol. The van der Waals surface area contributed by atoms with Gasteiger partial charge in [0.15, 0.2) is 0 Å². The first kappa shape index (κ1) is 33.5. The Hall–Kier alpha value is -5.03. The molecule has 7 rings (SSSR count). The number of fused-ring (bicyclic) bond motifs is 3. The standard InChI is InChI=1S/C45H50N4O/c1-29(2)32-23-39(30(3)4)44(40(24-32)31(5)6)48-22-21-47(28-48)34-13-12-14-35(26-34)50-36-17-18-38-37-15-10-11-16-41(37)49(42(38)27-36)43-25-33(19-20-46-43)45(7,8)9/h10-27,29-31H,28H2,1-9H3. The Morgan fingerprint density at radius 3 is 2.02 bits per heavy atom. The zero-order chi connectivity index (χ0) is 35.3. The van der Waals surface area contributed by atoms with E-state index in [1.165, 1.54) is 38.7 Å². The van der Waals surface area contributed by atoms with Gasteiger partial charge in [0.2, 0.25) is 0 Å². The number of rotatable bonds is 8. The lowest BCUT2D eigenvalue weighted by Gasteiger charge is -2.30. The molecule has 3 heterocycles. The van der Waals surface area contributed by atoms with Crippen molar-refractivity contribution in [3.63, 3.8) is 0 Å². The van der Waals surface area contributed by atoms with Crippen LogP contribution in [0.1, 0.15) is 102 Å². The summed E-state index contributed by atoms with van der Waals surface area (Å²) in [4.78, 5) is 9.55. The first-order valence-corrected chi connectivity index (χ1v) is 18.1. The number of aromatic nitrogens is 2. The maximum absolute atomic E-state index is 6.60. The zero-order valence-corrected chi connectivity index (χ0v) is 31.0. The van der Waals surface area contributed by atoms with Crippen molar-refractivity contribution in [3.05, 3.63) is 132 Å². The Morgan fingerprint density at radius 1 is 0.640 bits per heavy atom. The van der Waals surface area contributed by atoms with Gasteiger partial charge in [-0.1, -0.05) is 98.7 Å². The van der Waals surface area contributed by atoms with Gasteiger partial charge in [0, 0.05) is 52.9 Å². The topological polar surface area (TPSA) is 33.5 Å². The lowest BCUT2D eigenvalue weighted by molar-refractivity contribution is 0.483. The van der Waals surface area contributed by atoms with Crippen molar-refractivity contribution in [1.29, 1.82) is 0 Å². The van der Waals surface area contributed by atoms with E-state index >= 15 is 0 Å². The van der Waals surface area contributed by atoms with Crippen molar-refractivity contribution < 1.29 is 4.74 Å². The molecular formula is C45H50N4O. The summed E-state index contributed by atoms with van der Waals surface area (Å²) < 4.78 is 8.86. The molecule has 0 unspecified atom stereocenters. The summed E-state index contributed by atoms with van der Waals surface area (Å²) >= 11 is 0. The number of para-hydroxylation sites is 1. The van der Waals surface area contributed by atoms with Gasteiger partial charge in [-0.15, -0.1) is 0 Å². The second-order valence-corrected chi connectivity index (χ2v) is 15.7. The number of nitrogens with zero attached hydrogens (tertiary/aromatic N) is 4. The third kappa shape index (κ3) is 6.26. The Labute approximate surface area is 297 Å². The Balaban J connectivity index is 1.20. The van der Waals surface area contributed by atoms with Crippen molar-refractivity contribution in [2.45, 2.75) is 85.5 Å². The molecule has 50 heavy (non-hydrogen) atoms. The first-order chi connectivity index (χ1) is 23.9. The van der Waals surface area contributed by atoms with Crippen LogP contribution in [0.2, 0.25) is 0 Å². The third-order valence-corrected chi connectivity index (χ3v) is 9.99. The van der Waals surface area contributed by atoms with E-state index < -0.39 is 0 Å². The van der Waals surface area contributed by atoms with Crippen LogP contribution in [0.5, 0.6) is 11.5 Å². The molecule has 0 N–H and O–H groups in total. The average Bonchev–Trinajstić information content (AvgIpc) is 3.70. The van der Waals surface area contributed by atoms with E-state index in [2.05, 4.69) is 174 Å². The Kier molecular flexibility index (Phi) is 8.71. The number of pyridine rings is 1. The van der Waals surface area contributed by atoms with Crippen molar-refractivity contribution in [2.75, 3.05) is 16.5 Å². The third-order valence-electron chi connectivity index (χ3n) is 9.99. The molecule has 0 amide bonds. The highest BCUT2D eigenvalue weighted by Crippen LogP contribution is 2.41. The van der Waals surface area contributed by atoms with E-state index in [0.717, 1.165) is 40.7 Å². The van der Waals surface area contributed by atoms with Crippen LogP contribution in [-0.4, -0.2) is 16.2 Å². The molecule has 0 saturated carbocycles. The van der Waals surface area contributed by atoms with Gasteiger partial charge in [-0.25, -0.2) is 4.98 Å². The minimum Gasteiger partial charge on any atom is -0.457 e. The fraction of sp³-hybridized carbons (Fsp3) is 0.311. The molecule has 5 nitrogen and oxygen atoms in total. The molecule has 1 aliphatic rings. The summed E-state index contributed by atoms with van der Waals surface area (Å²) in [5.41, 5.74) is 10.1. The van der Waals surface area contributed by atoms with Crippen molar-refractivity contribution >= 4 is 33.2 Å². The van der Waals surface area contributed by atoms with Gasteiger partial charge in [0.25, 0.3) is 0 Å². The Morgan fingerprint density at radius 2 is 1.32 bits per heavy atom. The van der Waals surface area contributed by atoms with Crippen molar-refractivity contribution in [2.24, 2.45) is 0 Å². The van der Waals surface area contributed by atoms with Crippen LogP contribution in [0.25, 0.3) is 27.6 Å². The molecular weight excluding hydrogens is 613 g/mol. The molecule has 0 bridgehead atoms. The highest BCUT2D eigenvalue weighted by atomic mass is 16.5. The smallest absolute Gasteiger partial charge is 0.137 e. The second-order valence-electron chi connectivity index (χ2n) is 15.7. The van der Waals surface area contributed by atoms with Crippen LogP contribution in [0.3, 0.4) is 0 Å². The highest BCUT2D eigenvalue weighted by molar-refractivity contribution is 6.09. The van der Waals surface area contributed by atoms with Crippen LogP contribution in [-0.2, 0) is 5.41 Å². The summed E-state index contributed by atoms with van der Waals surface area (Å²) in [7, 11) is 0. The second kappa shape index (κ2) is 13.0. The van der Waals surface area contributed by atoms with Crippen LogP contribution in [0.4, 0.5) is 11.4 Å². The molecule has 1 aliphatic heterocycles. The van der Waals surface area contributed by atoms with E-state index in [4.69, 9.17) is 9.72 Å². The summed E-state index contributed by atoms with van der Waals surface area (Å²) in [6.07, 6.45) is 6.34. The van der Waals surface area contributed by atoms with Crippen molar-refractivity contribution in [3.8, 4) is 17.3 Å². The predicted octanol–water partition coefficient (Wildman–Crippen LogP) is 12.4. The summed E-state index contributed by atoms with van der Waals surface area (Å²) in [6, 6.07) is 32.5. The van der Waals surface area contributed by atoms with Crippen LogP contribution >= 0.6 is 0 Å². The van der Waals surface area contributed by atoms with Crippen LogP contribution in [0, 0.1) is 0 Å². The number of hydrogen-bond donors (Lipinski definition) is 0. The summed E-state index contributed by atoms with van der Waals surface area (Å²) in [6.45, 7) is 21.3. The molecule has 0 radical (unpaired) electrons. The lowest BCUT2D eigenvalue weighted by atomic mass is 9.87. The van der Waals surface area contributed by atoms with Gasteiger partial charge in [-0.3, -0.25) is 4.57 Å². The van der Waals surface area contributed by atoms with Crippen LogP contribution in [0.15, 0.2) is 110 Å². The predicted molar refractivity (Wildman–Crippen MR) is 211 cm³/mol. The first-order valence-electron chi connectivity index (χ1n) is 18.1. The van der Waals surface area contributed by atoms with Gasteiger partial charge in [0.05, 0.1) is 17.7 Å². The van der Waals surface area contributed by atoms with Gasteiger partial charge in [-0.2, -0.15) is 0 Å². The van der Waals surface area contributed by atoms with E-state index in [9.17, 15) is 0 Å². The van der Waals surface area contributed by atoms with E-state index in [1.807, 2.05) is 12.3 Å². The molecule has 2 aromatic heterocycles. The minimum atomic E-state index is 0.0170. The molecule has 0 atom stereocenters. The quantitative estimate of drug-likeness (QED) is 0.162.